The molecule has 0 saturated heterocycles. The Balaban J connectivity index is 2.27. The third-order valence-corrected chi connectivity index (χ3v) is 5.86. The van der Waals surface area contributed by atoms with Gasteiger partial charge in [-0.2, -0.15) is 4.31 Å². The zero-order chi connectivity index (χ0) is 22.3. The molecule has 0 unspecified atom stereocenters. The maximum Gasteiger partial charge on any atom is 0.242 e. The largest absolute Gasteiger partial charge is 0.357 e. The van der Waals surface area contributed by atoms with E-state index in [0.29, 0.717) is 5.56 Å². The van der Waals surface area contributed by atoms with Crippen LogP contribution < -0.4 is 5.32 Å². The summed E-state index contributed by atoms with van der Waals surface area (Å²) in [6.45, 7) is 1.21. The molecule has 0 saturated carbocycles. The lowest BCUT2D eigenvalue weighted by molar-refractivity contribution is -0.140. The van der Waals surface area contributed by atoms with Crippen molar-refractivity contribution in [1.82, 2.24) is 14.5 Å². The van der Waals surface area contributed by atoms with Crippen LogP contribution in [0.1, 0.15) is 18.1 Å². The van der Waals surface area contributed by atoms with Crippen molar-refractivity contribution >= 4 is 21.8 Å². The Bertz CT molecular complexity index is 966. The fourth-order valence-corrected chi connectivity index (χ4v) is 3.63. The van der Waals surface area contributed by atoms with E-state index in [0.717, 1.165) is 16.1 Å². The first kappa shape index (κ1) is 23.5. The number of likely N-dealkylation sites (N-methyl/N-ethyl adjacent to an activating group) is 1. The van der Waals surface area contributed by atoms with E-state index >= 15 is 0 Å². The molecule has 30 heavy (non-hydrogen) atoms. The molecule has 0 aliphatic heterocycles. The summed E-state index contributed by atoms with van der Waals surface area (Å²) in [6.07, 6.45) is 1.04. The van der Waals surface area contributed by atoms with Crippen LogP contribution in [-0.2, 0) is 32.7 Å². The summed E-state index contributed by atoms with van der Waals surface area (Å²) < 4.78 is 38.9. The van der Waals surface area contributed by atoms with Gasteiger partial charge in [0.1, 0.15) is 11.9 Å². The lowest BCUT2D eigenvalue weighted by atomic mass is 10.1. The van der Waals surface area contributed by atoms with Crippen LogP contribution in [0.3, 0.4) is 0 Å². The van der Waals surface area contributed by atoms with E-state index in [1.807, 2.05) is 6.07 Å². The lowest BCUT2D eigenvalue weighted by Crippen LogP contribution is -2.50. The van der Waals surface area contributed by atoms with Crippen LogP contribution >= 0.6 is 0 Å². The van der Waals surface area contributed by atoms with Crippen molar-refractivity contribution in [2.75, 3.05) is 19.8 Å². The molecule has 0 radical (unpaired) electrons. The van der Waals surface area contributed by atoms with Gasteiger partial charge < -0.3 is 10.2 Å². The second kappa shape index (κ2) is 10.3. The Morgan fingerprint density at radius 2 is 1.57 bits per heavy atom. The first-order chi connectivity index (χ1) is 14.1. The van der Waals surface area contributed by atoms with Crippen molar-refractivity contribution in [3.63, 3.8) is 0 Å². The zero-order valence-corrected chi connectivity index (χ0v) is 18.0. The molecule has 9 heteroatoms. The smallest absolute Gasteiger partial charge is 0.242 e. The highest BCUT2D eigenvalue weighted by Gasteiger charge is 2.29. The van der Waals surface area contributed by atoms with Crippen molar-refractivity contribution < 1.29 is 22.4 Å². The summed E-state index contributed by atoms with van der Waals surface area (Å²) in [5.41, 5.74) is 1.36. The fourth-order valence-electron chi connectivity index (χ4n) is 2.90. The minimum Gasteiger partial charge on any atom is -0.357 e. The zero-order valence-electron chi connectivity index (χ0n) is 17.2. The van der Waals surface area contributed by atoms with Gasteiger partial charge in [0.2, 0.25) is 21.8 Å². The third kappa shape index (κ3) is 6.64. The molecule has 2 rings (SSSR count). The molecule has 0 aromatic heterocycles. The average Bonchev–Trinajstić information content (AvgIpc) is 2.71. The van der Waals surface area contributed by atoms with Crippen LogP contribution in [0.2, 0.25) is 0 Å². The van der Waals surface area contributed by atoms with Crippen LogP contribution in [0, 0.1) is 5.82 Å². The monoisotopic (exact) mass is 435 g/mol. The van der Waals surface area contributed by atoms with Gasteiger partial charge in [-0.3, -0.25) is 9.59 Å². The van der Waals surface area contributed by atoms with E-state index in [-0.39, 0.29) is 19.0 Å². The molecule has 0 aliphatic rings. The molecule has 2 amide bonds. The van der Waals surface area contributed by atoms with Crippen LogP contribution in [0.15, 0.2) is 54.6 Å². The number of nitrogens with one attached hydrogen (secondary N) is 1. The maximum atomic E-state index is 13.2. The van der Waals surface area contributed by atoms with Crippen LogP contribution in [-0.4, -0.2) is 55.3 Å². The van der Waals surface area contributed by atoms with Gasteiger partial charge >= 0.3 is 0 Å². The summed E-state index contributed by atoms with van der Waals surface area (Å²) in [5, 5.41) is 2.49. The molecule has 0 bridgehead atoms. The number of benzene rings is 2. The summed E-state index contributed by atoms with van der Waals surface area (Å²) in [7, 11) is -2.23. The van der Waals surface area contributed by atoms with Gasteiger partial charge in [-0.1, -0.05) is 42.5 Å². The lowest BCUT2D eigenvalue weighted by Gasteiger charge is -2.30. The molecule has 1 atom stereocenters. The number of halogens is 1. The number of amides is 2. The summed E-state index contributed by atoms with van der Waals surface area (Å²) >= 11 is 0. The van der Waals surface area contributed by atoms with Gasteiger partial charge in [-0.15, -0.1) is 0 Å². The van der Waals surface area contributed by atoms with Gasteiger partial charge in [0.15, 0.2) is 0 Å². The highest BCUT2D eigenvalue weighted by molar-refractivity contribution is 7.88. The minimum atomic E-state index is -3.69. The highest BCUT2D eigenvalue weighted by atomic mass is 32.2. The van der Waals surface area contributed by atoms with Crippen molar-refractivity contribution in [1.29, 1.82) is 0 Å². The molecular weight excluding hydrogens is 409 g/mol. The predicted octanol–water partition coefficient (Wildman–Crippen LogP) is 1.75. The Labute approximate surface area is 176 Å². The normalized spacial score (nSPS) is 12.4. The van der Waals surface area contributed by atoms with Crippen molar-refractivity contribution in [2.24, 2.45) is 0 Å². The number of carbonyl (C=O) groups excluding carboxylic acids is 2. The third-order valence-electron chi connectivity index (χ3n) is 4.66. The van der Waals surface area contributed by atoms with Gasteiger partial charge in [0, 0.05) is 20.1 Å². The molecular formula is C21H26FN3O4S. The molecule has 7 nitrogen and oxygen atoms in total. The standard InChI is InChI=1S/C21H26FN3O4S/c1-16(21(27)23-2)25(14-18-9-11-19(22)12-10-18)20(26)15-24(30(3,28)29)13-17-7-5-4-6-8-17/h4-12,16H,13-15H2,1-3H3,(H,23,27)/t16-/m1/s1. The molecule has 0 heterocycles. The first-order valence-corrected chi connectivity index (χ1v) is 11.2. The van der Waals surface area contributed by atoms with Gasteiger partial charge in [-0.25, -0.2) is 12.8 Å². The molecule has 0 aliphatic carbocycles. The van der Waals surface area contributed by atoms with E-state index in [1.165, 1.54) is 36.2 Å². The second-order valence-electron chi connectivity index (χ2n) is 6.95. The van der Waals surface area contributed by atoms with E-state index in [9.17, 15) is 22.4 Å². The Hall–Kier alpha value is -2.78. The number of nitrogens with zero attached hydrogens (tertiary/aromatic N) is 2. The number of rotatable bonds is 9. The van der Waals surface area contributed by atoms with Crippen molar-refractivity contribution in [3.8, 4) is 0 Å². The topological polar surface area (TPSA) is 86.8 Å². The molecule has 1 N–H and O–H groups in total. The number of hydrogen-bond acceptors (Lipinski definition) is 4. The van der Waals surface area contributed by atoms with Crippen LogP contribution in [0.25, 0.3) is 0 Å². The van der Waals surface area contributed by atoms with E-state index in [2.05, 4.69) is 5.32 Å². The average molecular weight is 436 g/mol. The van der Waals surface area contributed by atoms with Crippen molar-refractivity contribution in [2.45, 2.75) is 26.1 Å². The highest BCUT2D eigenvalue weighted by Crippen LogP contribution is 2.14. The van der Waals surface area contributed by atoms with Crippen molar-refractivity contribution in [3.05, 3.63) is 71.5 Å². The van der Waals surface area contributed by atoms with E-state index in [4.69, 9.17) is 0 Å². The molecule has 162 valence electrons. The summed E-state index contributed by atoms with van der Waals surface area (Å²) in [4.78, 5) is 26.6. The molecule has 2 aromatic carbocycles. The molecule has 2 aromatic rings. The summed E-state index contributed by atoms with van der Waals surface area (Å²) in [6, 6.07) is 13.6. The van der Waals surface area contributed by atoms with E-state index < -0.39 is 34.3 Å². The van der Waals surface area contributed by atoms with Gasteiger partial charge in [0.05, 0.1) is 12.8 Å². The maximum absolute atomic E-state index is 13.2. The predicted molar refractivity (Wildman–Crippen MR) is 112 cm³/mol. The van der Waals surface area contributed by atoms with Crippen LogP contribution in [0.5, 0.6) is 0 Å². The molecule has 0 spiro atoms. The number of sulfonamides is 1. The quantitative estimate of drug-likeness (QED) is 0.650. The fraction of sp³-hybridized carbons (Fsp3) is 0.333. The Morgan fingerprint density at radius 3 is 2.10 bits per heavy atom. The molecule has 0 fully saturated rings. The van der Waals surface area contributed by atoms with Gasteiger partial charge in [0.25, 0.3) is 0 Å². The SMILES string of the molecule is CNC(=O)[C@@H](C)N(Cc1ccc(F)cc1)C(=O)CN(Cc1ccccc1)S(C)(=O)=O. The number of carbonyl (C=O) groups is 2. The Morgan fingerprint density at radius 1 is 1.00 bits per heavy atom. The van der Waals surface area contributed by atoms with Gasteiger partial charge in [-0.05, 0) is 30.2 Å². The first-order valence-electron chi connectivity index (χ1n) is 9.36. The summed E-state index contributed by atoms with van der Waals surface area (Å²) in [5.74, 6) is -1.33. The number of hydrogen-bond donors (Lipinski definition) is 1. The van der Waals surface area contributed by atoms with E-state index in [1.54, 1.807) is 31.2 Å². The Kier molecular flexibility index (Phi) is 8.08. The minimum absolute atomic E-state index is 0.0319. The van der Waals surface area contributed by atoms with Crippen LogP contribution in [0.4, 0.5) is 4.39 Å². The second-order valence-corrected chi connectivity index (χ2v) is 8.94.